The molecule has 6 aromatic carbocycles. The monoisotopic (exact) mass is 801 g/mol. The number of hydrogen-bond acceptors (Lipinski definition) is 7. The van der Waals surface area contributed by atoms with E-state index in [1.165, 1.54) is 0 Å². The van der Waals surface area contributed by atoms with E-state index in [2.05, 4.69) is 131 Å². The Bertz CT molecular complexity index is 2960. The van der Waals surface area contributed by atoms with Gasteiger partial charge in [0.1, 0.15) is 12.0 Å². The third-order valence-corrected chi connectivity index (χ3v) is 11.5. The molecule has 62 heavy (non-hydrogen) atoms. The third-order valence-electron chi connectivity index (χ3n) is 11.5. The van der Waals surface area contributed by atoms with Gasteiger partial charge in [-0.3, -0.25) is 9.97 Å². The summed E-state index contributed by atoms with van der Waals surface area (Å²) in [6.45, 7) is 0. The van der Waals surface area contributed by atoms with Crippen molar-refractivity contribution in [3.05, 3.63) is 230 Å². The van der Waals surface area contributed by atoms with Gasteiger partial charge in [0.25, 0.3) is 0 Å². The average molecular weight is 802 g/mol. The number of hydrogen-bond donors (Lipinski definition) is 1. The van der Waals surface area contributed by atoms with Crippen molar-refractivity contribution in [2.24, 2.45) is 9.98 Å². The Kier molecular flexibility index (Phi) is 9.59. The fourth-order valence-corrected chi connectivity index (χ4v) is 8.26. The van der Waals surface area contributed by atoms with E-state index in [9.17, 15) is 0 Å². The van der Waals surface area contributed by atoms with Crippen molar-refractivity contribution in [1.82, 2.24) is 15.3 Å². The second-order valence-corrected chi connectivity index (χ2v) is 15.4. The van der Waals surface area contributed by atoms with E-state index in [0.717, 1.165) is 78.2 Å². The molecule has 296 valence electrons. The van der Waals surface area contributed by atoms with Gasteiger partial charge in [-0.25, -0.2) is 9.98 Å². The summed E-state index contributed by atoms with van der Waals surface area (Å²) in [5.74, 6) is 2.63. The van der Waals surface area contributed by atoms with E-state index in [1.807, 2.05) is 85.2 Å². The Morgan fingerprint density at radius 1 is 0.419 bits per heavy atom. The molecule has 0 saturated carbocycles. The van der Waals surface area contributed by atoms with E-state index >= 15 is 0 Å². The highest BCUT2D eigenvalue weighted by atomic mass is 16.6. The van der Waals surface area contributed by atoms with Crippen LogP contribution in [0, 0.1) is 0 Å². The van der Waals surface area contributed by atoms with Crippen LogP contribution in [0.4, 0.5) is 0 Å². The minimum Gasteiger partial charge on any atom is -0.478 e. The molecule has 1 N–H and O–H groups in total. The van der Waals surface area contributed by atoms with Crippen molar-refractivity contribution in [2.75, 3.05) is 0 Å². The molecule has 7 nitrogen and oxygen atoms in total. The van der Waals surface area contributed by atoms with E-state index in [4.69, 9.17) is 19.5 Å². The lowest BCUT2D eigenvalue weighted by Gasteiger charge is -2.34. The fourth-order valence-electron chi connectivity index (χ4n) is 8.26. The highest BCUT2D eigenvalue weighted by Crippen LogP contribution is 2.47. The molecule has 7 heteroatoms. The second-order valence-electron chi connectivity index (χ2n) is 15.4. The number of aromatic nitrogens is 2. The van der Waals surface area contributed by atoms with Crippen molar-refractivity contribution in [3.8, 4) is 67.1 Å². The normalized spacial score (nSPS) is 17.3. The third kappa shape index (κ3) is 7.26. The minimum absolute atomic E-state index is 0.264. The number of fused-ring (bicyclic) bond motifs is 2. The molecule has 0 radical (unpaired) electrons. The van der Waals surface area contributed by atoms with Crippen LogP contribution in [0.3, 0.4) is 0 Å². The molecule has 0 fully saturated rings. The molecule has 11 rings (SSSR count). The molecule has 3 atom stereocenters. The van der Waals surface area contributed by atoms with Gasteiger partial charge in [0.15, 0.2) is 29.5 Å². The molecule has 8 aromatic rings. The Hall–Kier alpha value is -8.16. The smallest absolute Gasteiger partial charge is 0.174 e. The maximum absolute atomic E-state index is 6.83. The summed E-state index contributed by atoms with van der Waals surface area (Å²) in [4.78, 5) is 19.0. The van der Waals surface area contributed by atoms with Crippen LogP contribution in [-0.4, -0.2) is 33.8 Å². The van der Waals surface area contributed by atoms with Crippen molar-refractivity contribution in [2.45, 2.75) is 18.4 Å². The Balaban J connectivity index is 0.933. The number of ether oxygens (including phenoxy) is 2. The molecule has 0 spiro atoms. The number of rotatable bonds is 8. The van der Waals surface area contributed by atoms with Crippen molar-refractivity contribution in [3.63, 3.8) is 0 Å². The van der Waals surface area contributed by atoms with Gasteiger partial charge in [0, 0.05) is 47.0 Å². The lowest BCUT2D eigenvalue weighted by atomic mass is 9.93. The number of allylic oxidation sites excluding steroid dienone is 2. The molecular formula is C55H39N5O2. The summed E-state index contributed by atoms with van der Waals surface area (Å²) in [6, 6.07) is 56.7. The topological polar surface area (TPSA) is 81.0 Å². The first-order valence-corrected chi connectivity index (χ1v) is 20.8. The van der Waals surface area contributed by atoms with Crippen LogP contribution < -0.4 is 14.8 Å². The minimum atomic E-state index is -0.341. The van der Waals surface area contributed by atoms with Gasteiger partial charge in [-0.2, -0.15) is 0 Å². The molecule has 4 heterocycles. The quantitative estimate of drug-likeness (QED) is 0.165. The van der Waals surface area contributed by atoms with Crippen LogP contribution >= 0.6 is 0 Å². The Morgan fingerprint density at radius 2 is 0.903 bits per heavy atom. The van der Waals surface area contributed by atoms with Crippen molar-refractivity contribution >= 4 is 11.7 Å². The standard InChI is InChI=1S/C55H39N5O2/c1-3-11-40(12-4-1)53-58-54(41-13-5-2-6-14-41)60-55(59-53)48-28-27-47(51-52(48)62-50-18-8-7-17-49(50)61-51)39-25-23-37(24-26-39)36-19-21-38(22-20-36)44-31-45(42-15-9-29-56-34-42)33-46(32-44)43-16-10-30-57-35-43/h1-35,49-50,53H,(H,58,59,60). The summed E-state index contributed by atoms with van der Waals surface area (Å²) < 4.78 is 13.7. The highest BCUT2D eigenvalue weighted by molar-refractivity contribution is 6.14. The number of aliphatic imine (C=N–C) groups is 2. The van der Waals surface area contributed by atoms with Gasteiger partial charge in [-0.15, -0.1) is 0 Å². The summed E-state index contributed by atoms with van der Waals surface area (Å²) in [7, 11) is 0. The number of amidine groups is 2. The molecule has 2 aliphatic heterocycles. The molecule has 3 unspecified atom stereocenters. The first-order valence-electron chi connectivity index (χ1n) is 20.8. The first kappa shape index (κ1) is 36.9. The van der Waals surface area contributed by atoms with Gasteiger partial charge in [0.05, 0.1) is 5.56 Å². The van der Waals surface area contributed by atoms with Crippen molar-refractivity contribution in [1.29, 1.82) is 0 Å². The molecular weight excluding hydrogens is 763 g/mol. The number of nitrogens with zero attached hydrogens (tertiary/aromatic N) is 4. The van der Waals surface area contributed by atoms with E-state index in [1.54, 1.807) is 12.4 Å². The predicted octanol–water partition coefficient (Wildman–Crippen LogP) is 11.9. The van der Waals surface area contributed by atoms with Crippen LogP contribution in [0.1, 0.15) is 22.9 Å². The summed E-state index contributed by atoms with van der Waals surface area (Å²) in [5.41, 5.74) is 13.6. The lowest BCUT2D eigenvalue weighted by Crippen LogP contribution is -2.39. The van der Waals surface area contributed by atoms with Crippen LogP contribution in [0.5, 0.6) is 11.5 Å². The van der Waals surface area contributed by atoms with E-state index in [-0.39, 0.29) is 18.4 Å². The zero-order chi connectivity index (χ0) is 41.2. The summed E-state index contributed by atoms with van der Waals surface area (Å²) >= 11 is 0. The SMILES string of the molecule is C1=CC2Oc3c(C4=NC(c5ccccc5)NC(c5ccccc5)=N4)ccc(-c4ccc(-c5ccc(-c6cc(-c7cccnc7)cc(-c7cccnc7)c6)cc5)cc4)c3OC2C=C1. The number of benzene rings is 6. The predicted molar refractivity (Wildman–Crippen MR) is 248 cm³/mol. The lowest BCUT2D eigenvalue weighted by molar-refractivity contribution is 0.0760. The van der Waals surface area contributed by atoms with Crippen LogP contribution in [0.25, 0.3) is 55.6 Å². The van der Waals surface area contributed by atoms with E-state index in [0.29, 0.717) is 17.3 Å². The number of pyridine rings is 2. The van der Waals surface area contributed by atoms with E-state index < -0.39 is 0 Å². The maximum Gasteiger partial charge on any atom is 0.174 e. The summed E-state index contributed by atoms with van der Waals surface area (Å²) in [6.07, 6.45) is 14.6. The van der Waals surface area contributed by atoms with Gasteiger partial charge in [0.2, 0.25) is 0 Å². The zero-order valence-electron chi connectivity index (χ0n) is 33.5. The van der Waals surface area contributed by atoms with Gasteiger partial charge in [-0.1, -0.05) is 133 Å². The van der Waals surface area contributed by atoms with Gasteiger partial charge in [-0.05, 0) is 99.1 Å². The maximum atomic E-state index is 6.83. The zero-order valence-corrected chi connectivity index (χ0v) is 33.5. The number of nitrogens with one attached hydrogen (secondary N) is 1. The molecule has 1 aliphatic carbocycles. The molecule has 0 saturated heterocycles. The van der Waals surface area contributed by atoms with Crippen LogP contribution in [0.15, 0.2) is 223 Å². The largest absolute Gasteiger partial charge is 0.478 e. The Morgan fingerprint density at radius 3 is 1.47 bits per heavy atom. The molecule has 0 bridgehead atoms. The molecule has 3 aliphatic rings. The van der Waals surface area contributed by atoms with Crippen molar-refractivity contribution < 1.29 is 9.47 Å². The fraction of sp³-hybridized carbons (Fsp3) is 0.0545. The first-order chi connectivity index (χ1) is 30.7. The summed E-state index contributed by atoms with van der Waals surface area (Å²) in [5, 5.41) is 3.56. The second kappa shape index (κ2) is 16.1. The highest BCUT2D eigenvalue weighted by Gasteiger charge is 2.35. The molecule has 2 aromatic heterocycles. The van der Waals surface area contributed by atoms with Crippen LogP contribution in [-0.2, 0) is 0 Å². The van der Waals surface area contributed by atoms with Gasteiger partial charge >= 0.3 is 0 Å². The Labute approximate surface area is 360 Å². The average Bonchev–Trinajstić information content (AvgIpc) is 3.36. The molecule has 0 amide bonds. The van der Waals surface area contributed by atoms with Gasteiger partial charge < -0.3 is 14.8 Å². The van der Waals surface area contributed by atoms with Crippen LogP contribution in [0.2, 0.25) is 0 Å².